The zero-order chi connectivity index (χ0) is 13.5. The summed E-state index contributed by atoms with van der Waals surface area (Å²) in [6.07, 6.45) is -1.31. The van der Waals surface area contributed by atoms with Gasteiger partial charge < -0.3 is 10.2 Å². The van der Waals surface area contributed by atoms with E-state index in [1.54, 1.807) is 12.1 Å². The van der Waals surface area contributed by atoms with E-state index in [9.17, 15) is 8.78 Å². The fourth-order valence-electron chi connectivity index (χ4n) is 1.63. The summed E-state index contributed by atoms with van der Waals surface area (Å²) in [6, 6.07) is 6.92. The summed E-state index contributed by atoms with van der Waals surface area (Å²) in [6.45, 7) is 3.90. The third kappa shape index (κ3) is 5.56. The standard InChI is InChI=1S/C14H22F2N2/c1-11(8-9-18(2)3)17-10-12-4-6-13(7-5-12)14(15)16/h4-7,11,14,17H,8-10H2,1-3H3. The summed E-state index contributed by atoms with van der Waals surface area (Å²) in [5.74, 6) is 0. The molecule has 2 nitrogen and oxygen atoms in total. The van der Waals surface area contributed by atoms with Crippen molar-refractivity contribution in [2.24, 2.45) is 0 Å². The van der Waals surface area contributed by atoms with Crippen LogP contribution in [0.4, 0.5) is 8.78 Å². The number of hydrogen-bond donors (Lipinski definition) is 1. The molecular weight excluding hydrogens is 234 g/mol. The summed E-state index contributed by atoms with van der Waals surface area (Å²) >= 11 is 0. The van der Waals surface area contributed by atoms with E-state index in [1.165, 1.54) is 12.1 Å². The molecule has 0 heterocycles. The van der Waals surface area contributed by atoms with E-state index in [2.05, 4.69) is 31.2 Å². The van der Waals surface area contributed by atoms with E-state index in [0.717, 1.165) is 25.1 Å². The van der Waals surface area contributed by atoms with Crippen molar-refractivity contribution in [2.45, 2.75) is 32.4 Å². The normalized spacial score (nSPS) is 13.3. The Hall–Kier alpha value is -1.00. The second-order valence-electron chi connectivity index (χ2n) is 4.92. The zero-order valence-electron chi connectivity index (χ0n) is 11.3. The van der Waals surface area contributed by atoms with Crippen LogP contribution in [0.3, 0.4) is 0 Å². The molecule has 1 aromatic rings. The highest BCUT2D eigenvalue weighted by Gasteiger charge is 2.06. The molecule has 102 valence electrons. The Morgan fingerprint density at radius 1 is 1.17 bits per heavy atom. The number of alkyl halides is 2. The van der Waals surface area contributed by atoms with Crippen LogP contribution >= 0.6 is 0 Å². The molecule has 0 saturated carbocycles. The third-order valence-corrected chi connectivity index (χ3v) is 2.90. The fourth-order valence-corrected chi connectivity index (χ4v) is 1.63. The van der Waals surface area contributed by atoms with Crippen molar-refractivity contribution in [3.8, 4) is 0 Å². The Balaban J connectivity index is 2.34. The van der Waals surface area contributed by atoms with Gasteiger partial charge in [0, 0.05) is 18.2 Å². The molecule has 0 bridgehead atoms. The summed E-state index contributed by atoms with van der Waals surface area (Å²) in [7, 11) is 4.10. The molecule has 1 unspecified atom stereocenters. The largest absolute Gasteiger partial charge is 0.310 e. The van der Waals surface area contributed by atoms with E-state index in [-0.39, 0.29) is 5.56 Å². The molecule has 18 heavy (non-hydrogen) atoms. The molecule has 1 N–H and O–H groups in total. The lowest BCUT2D eigenvalue weighted by Gasteiger charge is -2.16. The van der Waals surface area contributed by atoms with Gasteiger partial charge in [0.2, 0.25) is 0 Å². The van der Waals surface area contributed by atoms with E-state index in [1.807, 2.05) is 0 Å². The maximum atomic E-state index is 12.4. The average Bonchev–Trinajstić information content (AvgIpc) is 2.34. The Morgan fingerprint density at radius 2 is 1.78 bits per heavy atom. The lowest BCUT2D eigenvalue weighted by atomic mass is 10.1. The lowest BCUT2D eigenvalue weighted by Crippen LogP contribution is -2.29. The number of nitrogens with one attached hydrogen (secondary N) is 1. The van der Waals surface area contributed by atoms with Crippen LogP contribution in [0.1, 0.15) is 30.9 Å². The number of rotatable bonds is 7. The Bertz CT molecular complexity index is 336. The maximum Gasteiger partial charge on any atom is 0.263 e. The lowest BCUT2D eigenvalue weighted by molar-refractivity contribution is 0.151. The molecule has 0 saturated heterocycles. The van der Waals surface area contributed by atoms with Crippen molar-refractivity contribution >= 4 is 0 Å². The highest BCUT2D eigenvalue weighted by molar-refractivity contribution is 5.23. The monoisotopic (exact) mass is 256 g/mol. The van der Waals surface area contributed by atoms with Crippen molar-refractivity contribution < 1.29 is 8.78 Å². The summed E-state index contributed by atoms with van der Waals surface area (Å²) in [5.41, 5.74) is 1.12. The molecule has 1 rings (SSSR count). The summed E-state index contributed by atoms with van der Waals surface area (Å²) < 4.78 is 24.7. The van der Waals surface area contributed by atoms with Gasteiger partial charge in [-0.25, -0.2) is 8.78 Å². The van der Waals surface area contributed by atoms with E-state index < -0.39 is 6.43 Å². The second kappa shape index (κ2) is 7.44. The molecule has 0 aromatic heterocycles. The Labute approximate surface area is 108 Å². The molecule has 1 aromatic carbocycles. The highest BCUT2D eigenvalue weighted by atomic mass is 19.3. The smallest absolute Gasteiger partial charge is 0.263 e. The van der Waals surface area contributed by atoms with Gasteiger partial charge >= 0.3 is 0 Å². The molecule has 0 radical (unpaired) electrons. The van der Waals surface area contributed by atoms with Crippen molar-refractivity contribution in [1.29, 1.82) is 0 Å². The van der Waals surface area contributed by atoms with Gasteiger partial charge in [-0.1, -0.05) is 24.3 Å². The van der Waals surface area contributed by atoms with Gasteiger partial charge in [0.25, 0.3) is 6.43 Å². The molecule has 0 amide bonds. The van der Waals surface area contributed by atoms with Gasteiger partial charge in [-0.2, -0.15) is 0 Å². The van der Waals surface area contributed by atoms with Crippen LogP contribution in [0.15, 0.2) is 24.3 Å². The van der Waals surface area contributed by atoms with Crippen molar-refractivity contribution in [1.82, 2.24) is 10.2 Å². The third-order valence-electron chi connectivity index (χ3n) is 2.90. The topological polar surface area (TPSA) is 15.3 Å². The van der Waals surface area contributed by atoms with Gasteiger partial charge in [-0.3, -0.25) is 0 Å². The van der Waals surface area contributed by atoms with Gasteiger partial charge in [-0.05, 0) is 39.5 Å². The van der Waals surface area contributed by atoms with Crippen LogP contribution in [0.25, 0.3) is 0 Å². The van der Waals surface area contributed by atoms with E-state index in [4.69, 9.17) is 0 Å². The molecular formula is C14H22F2N2. The SMILES string of the molecule is CC(CCN(C)C)NCc1ccc(C(F)F)cc1. The quantitative estimate of drug-likeness (QED) is 0.806. The first-order chi connectivity index (χ1) is 8.49. The van der Waals surface area contributed by atoms with Gasteiger partial charge in [-0.15, -0.1) is 0 Å². The van der Waals surface area contributed by atoms with Crippen LogP contribution in [-0.4, -0.2) is 31.6 Å². The zero-order valence-corrected chi connectivity index (χ0v) is 11.3. The molecule has 0 aliphatic rings. The summed E-state index contributed by atoms with van der Waals surface area (Å²) in [4.78, 5) is 2.15. The minimum Gasteiger partial charge on any atom is -0.310 e. The number of benzene rings is 1. The highest BCUT2D eigenvalue weighted by Crippen LogP contribution is 2.18. The van der Waals surface area contributed by atoms with Crippen molar-refractivity contribution in [3.05, 3.63) is 35.4 Å². The van der Waals surface area contributed by atoms with Crippen LogP contribution in [0, 0.1) is 0 Å². The Kier molecular flexibility index (Phi) is 6.22. The maximum absolute atomic E-state index is 12.4. The molecule has 4 heteroatoms. The van der Waals surface area contributed by atoms with Gasteiger partial charge in [0.15, 0.2) is 0 Å². The van der Waals surface area contributed by atoms with Crippen molar-refractivity contribution in [3.63, 3.8) is 0 Å². The first-order valence-corrected chi connectivity index (χ1v) is 6.24. The van der Waals surface area contributed by atoms with Crippen LogP contribution in [-0.2, 0) is 6.54 Å². The minimum absolute atomic E-state index is 0.0828. The number of hydrogen-bond acceptors (Lipinski definition) is 2. The predicted molar refractivity (Wildman–Crippen MR) is 70.9 cm³/mol. The van der Waals surface area contributed by atoms with Gasteiger partial charge in [0.05, 0.1) is 0 Å². The van der Waals surface area contributed by atoms with E-state index >= 15 is 0 Å². The molecule has 0 fully saturated rings. The van der Waals surface area contributed by atoms with E-state index in [0.29, 0.717) is 6.04 Å². The predicted octanol–water partition coefficient (Wildman–Crippen LogP) is 3.05. The molecule has 0 aliphatic carbocycles. The Morgan fingerprint density at radius 3 is 2.28 bits per heavy atom. The number of halogens is 2. The second-order valence-corrected chi connectivity index (χ2v) is 4.92. The van der Waals surface area contributed by atoms with Gasteiger partial charge in [0.1, 0.15) is 0 Å². The number of nitrogens with zero attached hydrogens (tertiary/aromatic N) is 1. The molecule has 0 spiro atoms. The fraction of sp³-hybridized carbons (Fsp3) is 0.571. The van der Waals surface area contributed by atoms with Crippen LogP contribution in [0.5, 0.6) is 0 Å². The minimum atomic E-state index is -2.38. The summed E-state index contributed by atoms with van der Waals surface area (Å²) in [5, 5.41) is 3.39. The van der Waals surface area contributed by atoms with Crippen molar-refractivity contribution in [2.75, 3.05) is 20.6 Å². The van der Waals surface area contributed by atoms with Crippen LogP contribution < -0.4 is 5.32 Å². The first kappa shape index (κ1) is 15.1. The average molecular weight is 256 g/mol. The molecule has 1 atom stereocenters. The van der Waals surface area contributed by atoms with Crippen LogP contribution in [0.2, 0.25) is 0 Å². The first-order valence-electron chi connectivity index (χ1n) is 6.24. The molecule has 0 aliphatic heterocycles.